The summed E-state index contributed by atoms with van der Waals surface area (Å²) in [5.41, 5.74) is 6.79. The minimum absolute atomic E-state index is 0.0611. The average Bonchev–Trinajstić information content (AvgIpc) is 3.49. The van der Waals surface area contributed by atoms with E-state index >= 15 is 0 Å². The van der Waals surface area contributed by atoms with Crippen LogP contribution in [-0.4, -0.2) is 39.8 Å². The summed E-state index contributed by atoms with van der Waals surface area (Å²) in [6, 6.07) is 27.4. The third-order valence-corrected chi connectivity index (χ3v) is 12.1. The summed E-state index contributed by atoms with van der Waals surface area (Å²) in [6.45, 7) is 14.6. The van der Waals surface area contributed by atoms with Crippen molar-refractivity contribution >= 4 is 28.6 Å². The van der Waals surface area contributed by atoms with Crippen LogP contribution in [0.2, 0.25) is 0 Å². The second kappa shape index (κ2) is 15.0. The lowest BCUT2D eigenvalue weighted by molar-refractivity contribution is -0.167. The lowest BCUT2D eigenvalue weighted by Crippen LogP contribution is -2.50. The number of aryl methyl sites for hydroxylation is 1. The van der Waals surface area contributed by atoms with E-state index in [0.29, 0.717) is 29.7 Å². The van der Waals surface area contributed by atoms with E-state index in [-0.39, 0.29) is 27.8 Å². The van der Waals surface area contributed by atoms with E-state index in [1.165, 1.54) is 28.8 Å². The van der Waals surface area contributed by atoms with Crippen LogP contribution >= 0.6 is 0 Å². The molecule has 1 aromatic heterocycles. The molecule has 1 fully saturated rings. The number of hydrogen-bond acceptors (Lipinski definition) is 5. The Morgan fingerprint density at radius 1 is 0.930 bits per heavy atom. The molecule has 0 spiro atoms. The first-order valence-electron chi connectivity index (χ1n) is 19.9. The van der Waals surface area contributed by atoms with E-state index in [4.69, 9.17) is 14.5 Å². The van der Waals surface area contributed by atoms with E-state index in [1.807, 2.05) is 48.5 Å². The summed E-state index contributed by atoms with van der Waals surface area (Å²) < 4.78 is 54.7. The zero-order valence-electron chi connectivity index (χ0n) is 33.8. The molecule has 2 aliphatic rings. The molecule has 5 aromatic rings. The zero-order chi connectivity index (χ0) is 40.9. The Morgan fingerprint density at radius 3 is 2.39 bits per heavy atom. The second-order valence-corrected chi connectivity index (χ2v) is 17.7. The molecule has 1 N–H and O–H groups in total. The van der Waals surface area contributed by atoms with Crippen LogP contribution in [0.5, 0.6) is 5.75 Å². The Morgan fingerprint density at radius 2 is 1.68 bits per heavy atom. The fourth-order valence-corrected chi connectivity index (χ4v) is 9.47. The van der Waals surface area contributed by atoms with Crippen LogP contribution in [-0.2, 0) is 32.7 Å². The third kappa shape index (κ3) is 8.18. The Labute approximate surface area is 333 Å². The van der Waals surface area contributed by atoms with Crippen molar-refractivity contribution in [2.45, 2.75) is 110 Å². The van der Waals surface area contributed by atoms with Gasteiger partial charge >= 0.3 is 18.1 Å². The number of amides is 1. The molecule has 1 heterocycles. The van der Waals surface area contributed by atoms with Gasteiger partial charge in [-0.05, 0) is 127 Å². The van der Waals surface area contributed by atoms with Crippen molar-refractivity contribution in [1.82, 2.24) is 9.55 Å². The Kier molecular flexibility index (Phi) is 10.5. The molecule has 0 radical (unpaired) electrons. The number of ether oxygens (including phenoxy) is 2. The summed E-state index contributed by atoms with van der Waals surface area (Å²) in [7, 11) is 0. The Hall–Kier alpha value is -5.12. The lowest BCUT2D eigenvalue weighted by atomic mass is 9.49. The van der Waals surface area contributed by atoms with Crippen LogP contribution in [0.25, 0.3) is 33.5 Å². The number of carbonyl (C=O) groups excluding carboxylic acids is 2. The molecule has 7 rings (SSSR count). The van der Waals surface area contributed by atoms with Crippen LogP contribution < -0.4 is 10.1 Å². The standard InChI is InChI=1S/C47H52F3N3O4/c1-29(2)31-14-18-36-33(24-31)16-21-40-45(6,22-11-23-46(36,40)7)28-53-39-20-15-32(30-12-9-8-10-13-30)25-38(39)51-42(53)35-26-34(56-27-41(54)57-44(3,4)5)17-19-37(35)52-43(55)47(48,49)50/h8-10,12-15,17-20,24-26,29,40H,11,16,21-23,27-28H2,1-7H3,(H,52,55)/t40-,45+,46+/m0/s1. The molecule has 57 heavy (non-hydrogen) atoms. The van der Waals surface area contributed by atoms with Crippen LogP contribution in [0, 0.1) is 11.3 Å². The van der Waals surface area contributed by atoms with E-state index in [0.717, 1.165) is 48.7 Å². The second-order valence-electron chi connectivity index (χ2n) is 17.7. The Balaban J connectivity index is 1.36. The number of fused-ring (bicyclic) bond motifs is 4. The van der Waals surface area contributed by atoms with Gasteiger partial charge in [0, 0.05) is 12.1 Å². The number of esters is 1. The minimum Gasteiger partial charge on any atom is -0.482 e. The highest BCUT2D eigenvalue weighted by molar-refractivity contribution is 5.99. The number of nitrogens with one attached hydrogen (secondary N) is 1. The fourth-order valence-electron chi connectivity index (χ4n) is 9.47. The van der Waals surface area contributed by atoms with Gasteiger partial charge in [0.15, 0.2) is 6.61 Å². The van der Waals surface area contributed by atoms with Gasteiger partial charge in [-0.3, -0.25) is 4.79 Å². The summed E-state index contributed by atoms with van der Waals surface area (Å²) >= 11 is 0. The van der Waals surface area contributed by atoms with Crippen molar-refractivity contribution in [3.05, 3.63) is 102 Å². The van der Waals surface area contributed by atoms with Gasteiger partial charge < -0.3 is 19.4 Å². The van der Waals surface area contributed by atoms with Crippen LogP contribution in [0.4, 0.5) is 18.9 Å². The van der Waals surface area contributed by atoms with Gasteiger partial charge in [0.1, 0.15) is 17.2 Å². The third-order valence-electron chi connectivity index (χ3n) is 12.1. The topological polar surface area (TPSA) is 82.5 Å². The predicted molar refractivity (Wildman–Crippen MR) is 218 cm³/mol. The van der Waals surface area contributed by atoms with Gasteiger partial charge in [0.2, 0.25) is 0 Å². The van der Waals surface area contributed by atoms with Gasteiger partial charge in [0.05, 0.1) is 16.7 Å². The lowest BCUT2D eigenvalue weighted by Gasteiger charge is -2.56. The summed E-state index contributed by atoms with van der Waals surface area (Å²) in [4.78, 5) is 30.2. The molecule has 0 unspecified atom stereocenters. The average molecular weight is 780 g/mol. The summed E-state index contributed by atoms with van der Waals surface area (Å²) in [5.74, 6) is -1.33. The zero-order valence-corrected chi connectivity index (χ0v) is 33.8. The van der Waals surface area contributed by atoms with E-state index in [2.05, 4.69) is 55.8 Å². The van der Waals surface area contributed by atoms with Gasteiger partial charge in [-0.2, -0.15) is 13.2 Å². The molecule has 0 bridgehead atoms. The first-order valence-corrected chi connectivity index (χ1v) is 19.9. The number of nitrogens with zero attached hydrogens (tertiary/aromatic N) is 2. The molecule has 2 aliphatic carbocycles. The quantitative estimate of drug-likeness (QED) is 0.151. The molecule has 300 valence electrons. The SMILES string of the molecule is CC(C)c1ccc2c(c1)CC[C@H]1[C@@](C)(Cn3c(-c4cc(OCC(=O)OC(C)(C)C)ccc4NC(=O)C(F)(F)F)nc4cc(-c5ccccc5)ccc43)CCC[C@]21C. The number of anilines is 1. The maximum Gasteiger partial charge on any atom is 0.471 e. The van der Waals surface area contributed by atoms with Crippen molar-refractivity contribution < 1.29 is 32.2 Å². The van der Waals surface area contributed by atoms with Crippen molar-refractivity contribution in [2.75, 3.05) is 11.9 Å². The maximum absolute atomic E-state index is 13.8. The van der Waals surface area contributed by atoms with Crippen LogP contribution in [0.15, 0.2) is 84.9 Å². The van der Waals surface area contributed by atoms with E-state index < -0.39 is 30.3 Å². The predicted octanol–water partition coefficient (Wildman–Crippen LogP) is 11.4. The molecule has 1 amide bonds. The smallest absolute Gasteiger partial charge is 0.471 e. The number of aromatic nitrogens is 2. The number of carbonyl (C=O) groups is 2. The number of benzene rings is 4. The summed E-state index contributed by atoms with van der Waals surface area (Å²) in [5, 5.41) is 2.10. The first-order chi connectivity index (χ1) is 26.8. The minimum atomic E-state index is -5.12. The number of alkyl halides is 3. The van der Waals surface area contributed by atoms with Gasteiger partial charge in [-0.1, -0.05) is 88.7 Å². The van der Waals surface area contributed by atoms with Gasteiger partial charge in [-0.15, -0.1) is 0 Å². The Bertz CT molecular complexity index is 2310. The number of halogens is 3. The molecule has 3 atom stereocenters. The van der Waals surface area contributed by atoms with Gasteiger partial charge in [-0.25, -0.2) is 9.78 Å². The highest BCUT2D eigenvalue weighted by atomic mass is 19.4. The van der Waals surface area contributed by atoms with Crippen LogP contribution in [0.1, 0.15) is 96.8 Å². The molecule has 0 aliphatic heterocycles. The van der Waals surface area contributed by atoms with E-state index in [1.54, 1.807) is 26.8 Å². The van der Waals surface area contributed by atoms with Crippen molar-refractivity contribution in [3.63, 3.8) is 0 Å². The molecular formula is C47H52F3N3O4. The molecule has 0 saturated heterocycles. The first kappa shape index (κ1) is 40.1. The summed E-state index contributed by atoms with van der Waals surface area (Å²) in [6.07, 6.45) is -0.0671. The fraction of sp³-hybridized carbons (Fsp3) is 0.426. The number of hydrogen-bond donors (Lipinski definition) is 1. The maximum atomic E-state index is 13.8. The van der Waals surface area contributed by atoms with Crippen molar-refractivity contribution in [3.8, 4) is 28.3 Å². The van der Waals surface area contributed by atoms with E-state index in [9.17, 15) is 22.8 Å². The molecule has 7 nitrogen and oxygen atoms in total. The molecule has 10 heteroatoms. The highest BCUT2D eigenvalue weighted by Gasteiger charge is 2.52. The molecular weight excluding hydrogens is 728 g/mol. The normalized spacial score (nSPS) is 20.9. The molecule has 4 aromatic carbocycles. The van der Waals surface area contributed by atoms with Gasteiger partial charge in [0.25, 0.3) is 0 Å². The number of imidazole rings is 1. The monoisotopic (exact) mass is 779 g/mol. The molecule has 1 saturated carbocycles. The highest BCUT2D eigenvalue weighted by Crippen LogP contribution is 2.58. The number of rotatable bonds is 9. The van der Waals surface area contributed by atoms with Crippen molar-refractivity contribution in [1.29, 1.82) is 0 Å². The van der Waals surface area contributed by atoms with Crippen molar-refractivity contribution in [2.24, 2.45) is 11.3 Å². The largest absolute Gasteiger partial charge is 0.482 e. The van der Waals surface area contributed by atoms with Crippen LogP contribution in [0.3, 0.4) is 0 Å².